The fourth-order valence-corrected chi connectivity index (χ4v) is 3.63. The lowest BCUT2D eigenvalue weighted by Crippen LogP contribution is -2.08. The molecule has 0 bridgehead atoms. The number of methoxy groups -OCH3 is 2. The van der Waals surface area contributed by atoms with Gasteiger partial charge in [0.25, 0.3) is 0 Å². The van der Waals surface area contributed by atoms with Gasteiger partial charge in [-0.2, -0.15) is 0 Å². The van der Waals surface area contributed by atoms with E-state index in [1.165, 1.54) is 17.6 Å². The van der Waals surface area contributed by atoms with Gasteiger partial charge >= 0.3 is 5.97 Å². The summed E-state index contributed by atoms with van der Waals surface area (Å²) >= 11 is 5.10. The number of esters is 1. The van der Waals surface area contributed by atoms with Crippen LogP contribution < -0.4 is 4.74 Å². The van der Waals surface area contributed by atoms with E-state index in [1.807, 2.05) is 24.3 Å². The third kappa shape index (κ3) is 3.65. The first-order chi connectivity index (χ1) is 10.6. The molecule has 0 aromatic heterocycles. The van der Waals surface area contributed by atoms with Crippen LogP contribution in [0.2, 0.25) is 0 Å². The highest BCUT2D eigenvalue weighted by Crippen LogP contribution is 2.35. The van der Waals surface area contributed by atoms with Crippen molar-refractivity contribution < 1.29 is 14.3 Å². The maximum absolute atomic E-state index is 12.1. The molecule has 3 nitrogen and oxygen atoms in total. The lowest BCUT2D eigenvalue weighted by molar-refractivity contribution is 0.0596. The van der Waals surface area contributed by atoms with Crippen molar-refractivity contribution in [3.63, 3.8) is 0 Å². The standard InChI is InChI=1S/C17H17BrO3S/c1-11-6-4-5-7-14(11)22-10-12-8-9-13(18)16(20-2)15(12)17(19)21-3/h4-9H,10H2,1-3H3. The molecule has 0 saturated carbocycles. The molecule has 0 radical (unpaired) electrons. The molecule has 2 aromatic carbocycles. The van der Waals surface area contributed by atoms with Gasteiger partial charge in [0.2, 0.25) is 0 Å². The summed E-state index contributed by atoms with van der Waals surface area (Å²) in [4.78, 5) is 13.3. The van der Waals surface area contributed by atoms with Crippen LogP contribution in [-0.2, 0) is 10.5 Å². The number of ether oxygens (including phenoxy) is 2. The molecule has 22 heavy (non-hydrogen) atoms. The topological polar surface area (TPSA) is 35.5 Å². The minimum Gasteiger partial charge on any atom is -0.495 e. The SMILES string of the molecule is COC(=O)c1c(CSc2ccccc2C)ccc(Br)c1OC. The van der Waals surface area contributed by atoms with E-state index >= 15 is 0 Å². The van der Waals surface area contributed by atoms with Crippen LogP contribution in [0.15, 0.2) is 45.8 Å². The second kappa shape index (κ2) is 7.70. The summed E-state index contributed by atoms with van der Waals surface area (Å²) < 4.78 is 11.0. The fourth-order valence-electron chi connectivity index (χ4n) is 2.12. The number of carbonyl (C=O) groups is 1. The summed E-state index contributed by atoms with van der Waals surface area (Å²) in [6, 6.07) is 12.0. The van der Waals surface area contributed by atoms with Crippen molar-refractivity contribution in [3.05, 3.63) is 57.6 Å². The van der Waals surface area contributed by atoms with E-state index in [0.29, 0.717) is 17.1 Å². The second-order valence-electron chi connectivity index (χ2n) is 4.66. The zero-order chi connectivity index (χ0) is 16.1. The Morgan fingerprint density at radius 2 is 1.91 bits per heavy atom. The monoisotopic (exact) mass is 380 g/mol. The summed E-state index contributed by atoms with van der Waals surface area (Å²) in [5.41, 5.74) is 2.58. The van der Waals surface area contributed by atoms with Crippen molar-refractivity contribution in [2.45, 2.75) is 17.6 Å². The van der Waals surface area contributed by atoms with E-state index in [0.717, 1.165) is 10.0 Å². The molecule has 2 rings (SSSR count). The Bertz CT molecular complexity index is 686. The molecule has 2 aromatic rings. The van der Waals surface area contributed by atoms with E-state index in [1.54, 1.807) is 18.9 Å². The molecule has 0 aliphatic carbocycles. The number of aryl methyl sites for hydroxylation is 1. The van der Waals surface area contributed by atoms with Gasteiger partial charge in [0.1, 0.15) is 11.3 Å². The van der Waals surface area contributed by atoms with Gasteiger partial charge in [-0.15, -0.1) is 11.8 Å². The first-order valence-corrected chi connectivity index (χ1v) is 8.48. The van der Waals surface area contributed by atoms with Crippen molar-refractivity contribution in [2.75, 3.05) is 14.2 Å². The van der Waals surface area contributed by atoms with E-state index in [9.17, 15) is 4.79 Å². The van der Waals surface area contributed by atoms with E-state index in [2.05, 4.69) is 35.0 Å². The Balaban J connectivity index is 2.34. The summed E-state index contributed by atoms with van der Waals surface area (Å²) in [5.74, 6) is 0.784. The predicted octanol–water partition coefficient (Wildman–Crippen LogP) is 4.85. The first kappa shape index (κ1) is 16.9. The Kier molecular flexibility index (Phi) is 5.91. The maximum Gasteiger partial charge on any atom is 0.342 e. The second-order valence-corrected chi connectivity index (χ2v) is 6.53. The molecule has 5 heteroatoms. The van der Waals surface area contributed by atoms with Gasteiger partial charge in [-0.1, -0.05) is 24.3 Å². The van der Waals surface area contributed by atoms with Crippen molar-refractivity contribution in [1.29, 1.82) is 0 Å². The Labute approximate surface area is 143 Å². The molecule has 0 saturated heterocycles. The van der Waals surface area contributed by atoms with Gasteiger partial charge in [0, 0.05) is 10.6 Å². The van der Waals surface area contributed by atoms with Gasteiger partial charge in [0.05, 0.1) is 18.7 Å². The lowest BCUT2D eigenvalue weighted by Gasteiger charge is -2.14. The number of halogens is 1. The van der Waals surface area contributed by atoms with Crippen LogP contribution in [0.3, 0.4) is 0 Å². The number of thioether (sulfide) groups is 1. The van der Waals surface area contributed by atoms with Crippen LogP contribution in [0.25, 0.3) is 0 Å². The van der Waals surface area contributed by atoms with E-state index < -0.39 is 5.97 Å². The number of hydrogen-bond acceptors (Lipinski definition) is 4. The van der Waals surface area contributed by atoms with Crippen molar-refractivity contribution in [3.8, 4) is 5.75 Å². The van der Waals surface area contributed by atoms with Crippen LogP contribution in [0, 0.1) is 6.92 Å². The molecule has 0 spiro atoms. The Hall–Kier alpha value is -1.46. The van der Waals surface area contributed by atoms with Crippen LogP contribution in [-0.4, -0.2) is 20.2 Å². The molecule has 116 valence electrons. The number of carbonyl (C=O) groups excluding carboxylic acids is 1. The summed E-state index contributed by atoms with van der Waals surface area (Å²) in [6.07, 6.45) is 0. The molecule has 0 fully saturated rings. The van der Waals surface area contributed by atoms with Crippen LogP contribution in [0.1, 0.15) is 21.5 Å². The quantitative estimate of drug-likeness (QED) is 0.548. The Morgan fingerprint density at radius 1 is 1.18 bits per heavy atom. The third-order valence-corrected chi connectivity index (χ3v) is 5.12. The van der Waals surface area contributed by atoms with Gasteiger partial charge in [0.15, 0.2) is 0 Å². The predicted molar refractivity (Wildman–Crippen MR) is 92.8 cm³/mol. The van der Waals surface area contributed by atoms with Gasteiger partial charge in [-0.3, -0.25) is 0 Å². The zero-order valence-electron chi connectivity index (χ0n) is 12.7. The van der Waals surface area contributed by atoms with E-state index in [-0.39, 0.29) is 0 Å². The maximum atomic E-state index is 12.1. The molecule has 0 unspecified atom stereocenters. The summed E-state index contributed by atoms with van der Waals surface area (Å²) in [7, 11) is 2.92. The first-order valence-electron chi connectivity index (χ1n) is 6.70. The smallest absolute Gasteiger partial charge is 0.342 e. The normalized spacial score (nSPS) is 10.4. The average Bonchev–Trinajstić information content (AvgIpc) is 2.53. The van der Waals surface area contributed by atoms with Gasteiger partial charge in [-0.25, -0.2) is 4.79 Å². The fraction of sp³-hybridized carbons (Fsp3) is 0.235. The summed E-state index contributed by atoms with van der Waals surface area (Å²) in [6.45, 7) is 2.08. The van der Waals surface area contributed by atoms with Crippen LogP contribution in [0.4, 0.5) is 0 Å². The highest BCUT2D eigenvalue weighted by Gasteiger charge is 2.20. The molecular weight excluding hydrogens is 364 g/mol. The van der Waals surface area contributed by atoms with Crippen LogP contribution in [0.5, 0.6) is 5.75 Å². The van der Waals surface area contributed by atoms with Gasteiger partial charge < -0.3 is 9.47 Å². The Morgan fingerprint density at radius 3 is 2.55 bits per heavy atom. The number of rotatable bonds is 5. The lowest BCUT2D eigenvalue weighted by atomic mass is 10.1. The molecule has 0 N–H and O–H groups in total. The number of benzene rings is 2. The van der Waals surface area contributed by atoms with Gasteiger partial charge in [-0.05, 0) is 46.1 Å². The average molecular weight is 381 g/mol. The van der Waals surface area contributed by atoms with E-state index in [4.69, 9.17) is 9.47 Å². The molecule has 0 amide bonds. The summed E-state index contributed by atoms with van der Waals surface area (Å²) in [5, 5.41) is 0. The molecule has 0 heterocycles. The third-order valence-electron chi connectivity index (χ3n) is 3.27. The van der Waals surface area contributed by atoms with Crippen molar-refractivity contribution in [2.24, 2.45) is 0 Å². The highest BCUT2D eigenvalue weighted by molar-refractivity contribution is 9.10. The molecule has 0 aliphatic rings. The largest absolute Gasteiger partial charge is 0.495 e. The minimum absolute atomic E-state index is 0.390. The molecular formula is C17H17BrO3S. The zero-order valence-corrected chi connectivity index (χ0v) is 15.1. The van der Waals surface area contributed by atoms with Crippen LogP contribution >= 0.6 is 27.7 Å². The molecule has 0 aliphatic heterocycles. The minimum atomic E-state index is -0.390. The van der Waals surface area contributed by atoms with Crippen molar-refractivity contribution >= 4 is 33.7 Å². The number of hydrogen-bond donors (Lipinski definition) is 0. The van der Waals surface area contributed by atoms with Crippen molar-refractivity contribution in [1.82, 2.24) is 0 Å². The highest BCUT2D eigenvalue weighted by atomic mass is 79.9. The molecule has 0 atom stereocenters.